The quantitative estimate of drug-likeness (QED) is 0.722. The predicted molar refractivity (Wildman–Crippen MR) is 60.5 cm³/mol. The Balaban J connectivity index is 1.65. The second-order valence-electron chi connectivity index (χ2n) is 5.20. The van der Waals surface area contributed by atoms with Gasteiger partial charge in [-0.2, -0.15) is 0 Å². The second kappa shape index (κ2) is 4.63. The first-order valence-electron chi connectivity index (χ1n) is 6.26. The SMILES string of the molecule is CCC(C)CN1CCC(NC2CC2)C1. The molecule has 2 atom stereocenters. The van der Waals surface area contributed by atoms with Crippen LogP contribution in [0.1, 0.15) is 39.5 Å². The third-order valence-electron chi connectivity index (χ3n) is 3.59. The van der Waals surface area contributed by atoms with Gasteiger partial charge in [0.1, 0.15) is 0 Å². The molecule has 0 aromatic heterocycles. The minimum absolute atomic E-state index is 0.798. The van der Waals surface area contributed by atoms with Gasteiger partial charge < -0.3 is 10.2 Å². The molecule has 2 heteroatoms. The molecule has 0 bridgehead atoms. The molecule has 14 heavy (non-hydrogen) atoms. The largest absolute Gasteiger partial charge is 0.310 e. The summed E-state index contributed by atoms with van der Waals surface area (Å²) in [5.41, 5.74) is 0. The Morgan fingerprint density at radius 1 is 1.29 bits per heavy atom. The van der Waals surface area contributed by atoms with Crippen molar-refractivity contribution in [1.29, 1.82) is 0 Å². The van der Waals surface area contributed by atoms with Gasteiger partial charge in [-0.05, 0) is 31.7 Å². The monoisotopic (exact) mass is 196 g/mol. The van der Waals surface area contributed by atoms with Crippen molar-refractivity contribution in [2.45, 2.75) is 51.6 Å². The lowest BCUT2D eigenvalue weighted by atomic mass is 10.1. The maximum Gasteiger partial charge on any atom is 0.0209 e. The van der Waals surface area contributed by atoms with Crippen molar-refractivity contribution in [1.82, 2.24) is 10.2 Å². The Bertz CT molecular complexity index is 177. The number of rotatable bonds is 5. The highest BCUT2D eigenvalue weighted by atomic mass is 15.2. The van der Waals surface area contributed by atoms with Crippen LogP contribution in [0.5, 0.6) is 0 Å². The topological polar surface area (TPSA) is 15.3 Å². The van der Waals surface area contributed by atoms with E-state index in [1.807, 2.05) is 0 Å². The first-order chi connectivity index (χ1) is 6.78. The van der Waals surface area contributed by atoms with Crippen molar-refractivity contribution in [2.24, 2.45) is 5.92 Å². The highest BCUT2D eigenvalue weighted by Gasteiger charge is 2.29. The van der Waals surface area contributed by atoms with Gasteiger partial charge in [0.25, 0.3) is 0 Å². The molecule has 0 aromatic rings. The number of hydrogen-bond acceptors (Lipinski definition) is 2. The summed E-state index contributed by atoms with van der Waals surface area (Å²) < 4.78 is 0. The molecule has 1 aliphatic heterocycles. The summed E-state index contributed by atoms with van der Waals surface area (Å²) in [6.45, 7) is 8.57. The maximum absolute atomic E-state index is 3.73. The summed E-state index contributed by atoms with van der Waals surface area (Å²) in [5, 5.41) is 3.73. The molecule has 2 unspecified atom stereocenters. The predicted octanol–water partition coefficient (Wildman–Crippen LogP) is 1.86. The molecule has 1 heterocycles. The molecule has 0 radical (unpaired) electrons. The lowest BCUT2D eigenvalue weighted by Crippen LogP contribution is -2.35. The van der Waals surface area contributed by atoms with Crippen LogP contribution in [0.2, 0.25) is 0 Å². The van der Waals surface area contributed by atoms with Gasteiger partial charge in [0.15, 0.2) is 0 Å². The normalized spacial score (nSPS) is 30.9. The van der Waals surface area contributed by atoms with Crippen molar-refractivity contribution in [3.8, 4) is 0 Å². The highest BCUT2D eigenvalue weighted by molar-refractivity contribution is 4.89. The van der Waals surface area contributed by atoms with Gasteiger partial charge in [0.2, 0.25) is 0 Å². The van der Waals surface area contributed by atoms with E-state index in [1.54, 1.807) is 0 Å². The summed E-state index contributed by atoms with van der Waals surface area (Å²) in [6, 6.07) is 1.68. The number of likely N-dealkylation sites (tertiary alicyclic amines) is 1. The van der Waals surface area contributed by atoms with Crippen LogP contribution in [0.3, 0.4) is 0 Å². The molecule has 1 aliphatic carbocycles. The van der Waals surface area contributed by atoms with E-state index in [0.717, 1.165) is 18.0 Å². The number of hydrogen-bond donors (Lipinski definition) is 1. The molecule has 2 aliphatic rings. The van der Waals surface area contributed by atoms with E-state index in [-0.39, 0.29) is 0 Å². The van der Waals surface area contributed by atoms with E-state index in [9.17, 15) is 0 Å². The molecule has 2 nitrogen and oxygen atoms in total. The average Bonchev–Trinajstić information content (AvgIpc) is 2.87. The van der Waals surface area contributed by atoms with E-state index in [0.29, 0.717) is 0 Å². The fourth-order valence-electron chi connectivity index (χ4n) is 2.29. The van der Waals surface area contributed by atoms with Gasteiger partial charge in [-0.25, -0.2) is 0 Å². The van der Waals surface area contributed by atoms with Crippen molar-refractivity contribution in [3.05, 3.63) is 0 Å². The van der Waals surface area contributed by atoms with Gasteiger partial charge in [0, 0.05) is 25.2 Å². The summed E-state index contributed by atoms with van der Waals surface area (Å²) in [7, 11) is 0. The smallest absolute Gasteiger partial charge is 0.0209 e. The molecule has 0 amide bonds. The first-order valence-corrected chi connectivity index (χ1v) is 6.26. The molecular formula is C12H24N2. The van der Waals surface area contributed by atoms with Gasteiger partial charge in [-0.1, -0.05) is 20.3 Å². The molecule has 1 saturated carbocycles. The van der Waals surface area contributed by atoms with Crippen molar-refractivity contribution >= 4 is 0 Å². The van der Waals surface area contributed by atoms with Crippen molar-refractivity contribution in [3.63, 3.8) is 0 Å². The van der Waals surface area contributed by atoms with E-state index in [2.05, 4.69) is 24.1 Å². The van der Waals surface area contributed by atoms with E-state index in [1.165, 1.54) is 45.3 Å². The highest BCUT2D eigenvalue weighted by Crippen LogP contribution is 2.22. The molecule has 1 N–H and O–H groups in total. The fraction of sp³-hybridized carbons (Fsp3) is 1.00. The van der Waals surface area contributed by atoms with E-state index >= 15 is 0 Å². The van der Waals surface area contributed by atoms with Gasteiger partial charge >= 0.3 is 0 Å². The molecule has 2 fully saturated rings. The zero-order valence-corrected chi connectivity index (χ0v) is 9.63. The van der Waals surface area contributed by atoms with Crippen molar-refractivity contribution in [2.75, 3.05) is 19.6 Å². The lowest BCUT2D eigenvalue weighted by molar-refractivity contribution is 0.277. The fourth-order valence-corrected chi connectivity index (χ4v) is 2.29. The molecule has 1 saturated heterocycles. The zero-order chi connectivity index (χ0) is 9.97. The summed E-state index contributed by atoms with van der Waals surface area (Å²) in [5.74, 6) is 0.870. The van der Waals surface area contributed by atoms with Crippen LogP contribution in [0.15, 0.2) is 0 Å². The summed E-state index contributed by atoms with van der Waals surface area (Å²) in [4.78, 5) is 2.63. The minimum atomic E-state index is 0.798. The van der Waals surface area contributed by atoms with Crippen molar-refractivity contribution < 1.29 is 0 Å². The summed E-state index contributed by atoms with van der Waals surface area (Å²) in [6.07, 6.45) is 5.52. The third-order valence-corrected chi connectivity index (χ3v) is 3.59. The Hall–Kier alpha value is -0.0800. The second-order valence-corrected chi connectivity index (χ2v) is 5.20. The van der Waals surface area contributed by atoms with Crippen LogP contribution in [0, 0.1) is 5.92 Å². The lowest BCUT2D eigenvalue weighted by Gasteiger charge is -2.20. The Labute approximate surface area is 88.1 Å². The van der Waals surface area contributed by atoms with E-state index < -0.39 is 0 Å². The Morgan fingerprint density at radius 2 is 2.07 bits per heavy atom. The maximum atomic E-state index is 3.73. The van der Waals surface area contributed by atoms with Gasteiger partial charge in [-0.3, -0.25) is 0 Å². The van der Waals surface area contributed by atoms with Crippen LogP contribution >= 0.6 is 0 Å². The van der Waals surface area contributed by atoms with E-state index in [4.69, 9.17) is 0 Å². The van der Waals surface area contributed by atoms with Crippen LogP contribution in [0.4, 0.5) is 0 Å². The first kappa shape index (κ1) is 10.4. The minimum Gasteiger partial charge on any atom is -0.310 e. The molecule has 0 spiro atoms. The Morgan fingerprint density at radius 3 is 2.71 bits per heavy atom. The van der Waals surface area contributed by atoms with Gasteiger partial charge in [-0.15, -0.1) is 0 Å². The molecular weight excluding hydrogens is 172 g/mol. The standard InChI is InChI=1S/C12H24N2/c1-3-10(2)8-14-7-6-12(9-14)13-11-4-5-11/h10-13H,3-9H2,1-2H3. The summed E-state index contributed by atoms with van der Waals surface area (Å²) >= 11 is 0. The number of nitrogens with zero attached hydrogens (tertiary/aromatic N) is 1. The molecule has 2 rings (SSSR count). The van der Waals surface area contributed by atoms with Crippen LogP contribution in [-0.2, 0) is 0 Å². The molecule has 0 aromatic carbocycles. The average molecular weight is 196 g/mol. The van der Waals surface area contributed by atoms with Gasteiger partial charge in [0.05, 0.1) is 0 Å². The third kappa shape index (κ3) is 2.96. The van der Waals surface area contributed by atoms with Crippen LogP contribution in [-0.4, -0.2) is 36.6 Å². The molecule has 82 valence electrons. The van der Waals surface area contributed by atoms with Crippen LogP contribution in [0.25, 0.3) is 0 Å². The van der Waals surface area contributed by atoms with Crippen LogP contribution < -0.4 is 5.32 Å². The Kier molecular flexibility index (Phi) is 3.45. The number of nitrogens with one attached hydrogen (secondary N) is 1. The zero-order valence-electron chi connectivity index (χ0n) is 9.63.